The van der Waals surface area contributed by atoms with Gasteiger partial charge in [0.05, 0.1) is 0 Å². The van der Waals surface area contributed by atoms with Crippen molar-refractivity contribution in [2.45, 2.75) is 22.6 Å². The molecule has 10 aromatic rings. The SMILES string of the molecule is [B]C(/C([B])=C(\C)c1c([B])c([B])c2c([B])c([B])c3c([B])c([B])c([B])c4c([B])c([B])c1c2c34)=C1/C(=[B])C(C([B])([B])[B])(C([B])([B])[B])c2c([B])c(-c3c([B])c([B])c(-c4c([B])c([B])c5c([B])c([B])c6c([B])c([B])c([B])c7c([B])c([B])c4c5c67)c([B])c3[B])c([B])c([B])c21. The fourth-order valence-corrected chi connectivity index (χ4v) is 13.7. The summed E-state index contributed by atoms with van der Waals surface area (Å²) in [5.74, 6) is 0. The van der Waals surface area contributed by atoms with Gasteiger partial charge in [0.25, 0.3) is 0 Å². The van der Waals surface area contributed by atoms with E-state index in [-0.39, 0.29) is 246 Å². The van der Waals surface area contributed by atoms with Gasteiger partial charge in [-0.2, -0.15) is 0 Å². The summed E-state index contributed by atoms with van der Waals surface area (Å²) in [4.78, 5) is 0. The molecule has 0 nitrogen and oxygen atoms in total. The molecule has 34 heteroatoms. The minimum absolute atomic E-state index is 0.000807. The van der Waals surface area contributed by atoms with E-state index in [9.17, 15) is 0 Å². The van der Waals surface area contributed by atoms with Crippen molar-refractivity contribution in [2.24, 2.45) is 0 Å². The Labute approximate surface area is 552 Å². The standard InChI is InChI=1S/C53H3B34/c1-2(3-8-4-6-14(32(63)26(8)57)43(74)48(79)45(76)16(6)36(67)34(65)12(4)30(61)25(3)56)23(54)47(78)21-11-22(51(50(21)81,52(82,83)84)53(85,86)87)24(55)19(40(71)29(11)60)20-41(72)38(69)18(39(70)42(20)73)10-9-5-7-15(33(64)27(9)58)44(75)49(80)46(77)17(7)37(68)35(66)13(5)31(62)28(10)59/h1H3/b23-2-,47-21+. The predicted molar refractivity (Wildman–Crippen MR) is 409 cm³/mol. The molecular weight excluding hydrogens is 1000 g/mol. The Hall–Kier alpha value is -4.16. The molecular formula is C53H3B34. The quantitative estimate of drug-likeness (QED) is 0.115. The molecule has 0 heterocycles. The van der Waals surface area contributed by atoms with Crippen molar-refractivity contribution in [1.82, 2.24) is 0 Å². The Morgan fingerprint density at radius 3 is 0.862 bits per heavy atom. The summed E-state index contributed by atoms with van der Waals surface area (Å²) in [6.07, 6.45) is 0. The van der Waals surface area contributed by atoms with Crippen molar-refractivity contribution in [1.29, 1.82) is 0 Å². The maximum absolute atomic E-state index is 7.34. The van der Waals surface area contributed by atoms with Crippen LogP contribution in [0.3, 0.4) is 0 Å². The fraction of sp³-hybridized carbons (Fsp3) is 0.0755. The van der Waals surface area contributed by atoms with Gasteiger partial charge in [-0.05, 0) is 21.5 Å². The van der Waals surface area contributed by atoms with Crippen LogP contribution in [0.15, 0.2) is 10.9 Å². The Morgan fingerprint density at radius 2 is 0.506 bits per heavy atom. The zero-order valence-electron chi connectivity index (χ0n) is 46.6. The number of fused-ring (bicyclic) bond motifs is 1. The van der Waals surface area contributed by atoms with Crippen LogP contribution in [-0.2, 0) is 5.41 Å². The van der Waals surface area contributed by atoms with Gasteiger partial charge in [0.1, 0.15) is 70.6 Å². The first-order valence-corrected chi connectivity index (χ1v) is 25.8. The van der Waals surface area contributed by atoms with Crippen molar-refractivity contribution in [3.05, 3.63) is 27.6 Å². The summed E-state index contributed by atoms with van der Waals surface area (Å²) < 4.78 is 0. The van der Waals surface area contributed by atoms with Crippen LogP contribution in [0.2, 0.25) is 10.2 Å². The van der Waals surface area contributed by atoms with Crippen molar-refractivity contribution >= 4 is 484 Å². The van der Waals surface area contributed by atoms with Crippen LogP contribution < -0.4 is 137 Å². The zero-order valence-corrected chi connectivity index (χ0v) is 46.6. The number of rotatable bonds is 6. The summed E-state index contributed by atoms with van der Waals surface area (Å²) in [6.45, 7) is 1.52. The van der Waals surface area contributed by atoms with Crippen LogP contribution >= 0.6 is 0 Å². The molecule has 87 heavy (non-hydrogen) atoms. The van der Waals surface area contributed by atoms with Crippen LogP contribution in [0, 0.1) is 0 Å². The average Bonchev–Trinajstić information content (AvgIpc) is 1.68. The number of benzene rings is 10. The van der Waals surface area contributed by atoms with Gasteiger partial charge in [-0.1, -0.05) is 27.3 Å². The van der Waals surface area contributed by atoms with Gasteiger partial charge in [-0.25, -0.2) is 0 Å². The second-order valence-electron chi connectivity index (χ2n) is 22.3. The summed E-state index contributed by atoms with van der Waals surface area (Å²) in [5, 5.41) is -2.92. The molecule has 0 bridgehead atoms. The van der Waals surface area contributed by atoms with Crippen LogP contribution in [0.5, 0.6) is 0 Å². The zero-order chi connectivity index (χ0) is 64.8. The molecule has 0 saturated carbocycles. The molecule has 10 aromatic carbocycles. The van der Waals surface area contributed by atoms with Gasteiger partial charge >= 0.3 is 432 Å². The third kappa shape index (κ3) is 7.85. The van der Waals surface area contributed by atoms with Crippen LogP contribution in [0.1, 0.15) is 23.6 Å². The second-order valence-corrected chi connectivity index (χ2v) is 22.3. The van der Waals surface area contributed by atoms with Crippen molar-refractivity contribution in [3.8, 4) is 22.3 Å². The molecule has 0 aliphatic heterocycles. The summed E-state index contributed by atoms with van der Waals surface area (Å²) in [6, 6.07) is 0. The molecule has 0 saturated heterocycles. The third-order valence-corrected chi connectivity index (χ3v) is 17.9. The third-order valence-electron chi connectivity index (χ3n) is 17.9. The van der Waals surface area contributed by atoms with Gasteiger partial charge in [-0.15, -0.1) is 5.46 Å². The number of hydrogen-bond acceptors (Lipinski definition) is 0. The van der Waals surface area contributed by atoms with Crippen LogP contribution in [-0.4, -0.2) is 272 Å². The van der Waals surface area contributed by atoms with Gasteiger partial charge in [-0.3, -0.25) is 0 Å². The molecule has 11 rings (SSSR count). The van der Waals surface area contributed by atoms with E-state index < -0.39 is 32.0 Å². The Kier molecular flexibility index (Phi) is 15.3. The van der Waals surface area contributed by atoms with E-state index in [1.54, 1.807) is 0 Å². The van der Waals surface area contributed by atoms with E-state index in [1.807, 2.05) is 0 Å². The molecule has 0 aromatic heterocycles. The van der Waals surface area contributed by atoms with E-state index in [0.717, 1.165) is 0 Å². The van der Waals surface area contributed by atoms with Gasteiger partial charge < -0.3 is 0 Å². The maximum atomic E-state index is 7.34. The van der Waals surface area contributed by atoms with Gasteiger partial charge in [0.2, 0.25) is 0 Å². The molecule has 0 amide bonds. The first kappa shape index (κ1) is 64.4. The molecule has 0 fully saturated rings. The Balaban J connectivity index is 1.23. The van der Waals surface area contributed by atoms with Crippen LogP contribution in [0.25, 0.3) is 98.0 Å². The average molecular weight is 1010 g/mol. The summed E-state index contributed by atoms with van der Waals surface area (Å²) >= 11 is 0. The molecule has 317 valence electrons. The monoisotopic (exact) mass is 1010 g/mol. The fourth-order valence-electron chi connectivity index (χ4n) is 13.7. The summed E-state index contributed by atoms with van der Waals surface area (Å²) in [7, 11) is 233. The van der Waals surface area contributed by atoms with Crippen molar-refractivity contribution in [3.63, 3.8) is 0 Å². The number of allylic oxidation sites excluding steroid dienone is 4. The molecule has 1 aliphatic carbocycles. The van der Waals surface area contributed by atoms with Gasteiger partial charge in [0.15, 0.2) is 0 Å². The Bertz CT molecular complexity index is 4950. The predicted octanol–water partition coefficient (Wildman–Crippen LogP) is -20.1. The molecule has 0 atom stereocenters. The van der Waals surface area contributed by atoms with Gasteiger partial charge in [0, 0.05) is 0 Å². The first-order valence-electron chi connectivity index (χ1n) is 25.8. The van der Waals surface area contributed by atoms with Crippen molar-refractivity contribution in [2.75, 3.05) is 0 Å². The topological polar surface area (TPSA) is 0 Å². The molecule has 67 radical (unpaired) electrons. The molecule has 1 aliphatic rings. The van der Waals surface area contributed by atoms with E-state index in [2.05, 4.69) is 0 Å². The minimum atomic E-state index is -2.72. The Morgan fingerprint density at radius 1 is 0.264 bits per heavy atom. The van der Waals surface area contributed by atoms with E-state index in [1.165, 1.54) is 6.92 Å². The number of hydrogen-bond donors (Lipinski definition) is 0. The summed E-state index contributed by atoms with van der Waals surface area (Å²) in [5.41, 5.74) is -8.62. The second kappa shape index (κ2) is 20.7. The van der Waals surface area contributed by atoms with Crippen molar-refractivity contribution < 1.29 is 0 Å². The molecule has 0 spiro atoms. The first-order chi connectivity index (χ1) is 40.2. The normalized spacial score (nSPS) is 14.6. The molecule has 0 N–H and O–H groups in total. The molecule has 0 unspecified atom stereocenters. The van der Waals surface area contributed by atoms with Crippen LogP contribution in [0.4, 0.5) is 0 Å². The van der Waals surface area contributed by atoms with E-state index in [0.29, 0.717) is 5.39 Å². The van der Waals surface area contributed by atoms with E-state index in [4.69, 9.17) is 266 Å². The van der Waals surface area contributed by atoms with E-state index >= 15 is 0 Å².